The molecule has 142 valence electrons. The Bertz CT molecular complexity index is 1520. The minimum Gasteiger partial charge on any atom is -0.268 e. The summed E-state index contributed by atoms with van der Waals surface area (Å²) >= 11 is 1.36. The number of non-ortho nitro benzene ring substituents is 1. The van der Waals surface area contributed by atoms with Gasteiger partial charge in [-0.25, -0.2) is 4.98 Å². The van der Waals surface area contributed by atoms with E-state index in [4.69, 9.17) is 4.98 Å². The summed E-state index contributed by atoms with van der Waals surface area (Å²) in [6.07, 6.45) is 1.58. The van der Waals surface area contributed by atoms with Gasteiger partial charge in [0.25, 0.3) is 11.2 Å². The number of nitrogens with zero attached hydrogens (tertiary/aromatic N) is 4. The van der Waals surface area contributed by atoms with E-state index in [9.17, 15) is 14.9 Å². The van der Waals surface area contributed by atoms with E-state index in [1.165, 1.54) is 23.5 Å². The van der Waals surface area contributed by atoms with Crippen molar-refractivity contribution in [2.24, 2.45) is 0 Å². The Labute approximate surface area is 168 Å². The highest BCUT2D eigenvalue weighted by Gasteiger charge is 2.16. The maximum atomic E-state index is 13.3. The number of fused-ring (bicyclic) bond motifs is 4. The Morgan fingerprint density at radius 1 is 1.07 bits per heavy atom. The molecule has 0 saturated heterocycles. The Hall–Kier alpha value is -3.65. The van der Waals surface area contributed by atoms with Crippen LogP contribution in [0.1, 0.15) is 11.1 Å². The van der Waals surface area contributed by atoms with Crippen LogP contribution in [0.2, 0.25) is 0 Å². The lowest BCUT2D eigenvalue weighted by Gasteiger charge is -2.08. The van der Waals surface area contributed by atoms with Crippen LogP contribution in [0.25, 0.3) is 38.0 Å². The maximum absolute atomic E-state index is 13.3. The fourth-order valence-corrected chi connectivity index (χ4v) is 4.57. The molecule has 0 aliphatic carbocycles. The average molecular weight is 402 g/mol. The highest BCUT2D eigenvalue weighted by atomic mass is 32.1. The van der Waals surface area contributed by atoms with Crippen molar-refractivity contribution in [3.05, 3.63) is 79.6 Å². The van der Waals surface area contributed by atoms with Crippen LogP contribution in [-0.2, 0) is 0 Å². The number of aromatic nitrogens is 3. The topological polar surface area (TPSA) is 90.4 Å². The highest BCUT2D eigenvalue weighted by Crippen LogP contribution is 2.29. The van der Waals surface area contributed by atoms with Crippen LogP contribution in [-0.4, -0.2) is 19.3 Å². The predicted molar refractivity (Wildman–Crippen MR) is 114 cm³/mol. The lowest BCUT2D eigenvalue weighted by Crippen LogP contribution is -2.15. The summed E-state index contributed by atoms with van der Waals surface area (Å²) in [5, 5.41) is 14.1. The molecule has 0 atom stereocenters. The van der Waals surface area contributed by atoms with Crippen molar-refractivity contribution in [3.8, 4) is 11.3 Å². The molecule has 5 rings (SSSR count). The molecule has 0 aliphatic heterocycles. The lowest BCUT2D eigenvalue weighted by molar-refractivity contribution is -0.384. The molecule has 0 bridgehead atoms. The number of thiazole rings is 1. The third kappa shape index (κ3) is 2.60. The third-order valence-electron chi connectivity index (χ3n) is 5.00. The first-order chi connectivity index (χ1) is 13.9. The first kappa shape index (κ1) is 17.4. The van der Waals surface area contributed by atoms with Gasteiger partial charge in [0, 0.05) is 34.7 Å². The largest absolute Gasteiger partial charge is 0.269 e. The Morgan fingerprint density at radius 2 is 1.83 bits per heavy atom. The SMILES string of the molecule is Cc1cc(C)c2ncc3c(=O)n4c(-c5ccc([N+](=O)[O-])cc5)csc4nc3c2c1. The summed E-state index contributed by atoms with van der Waals surface area (Å²) in [5.74, 6) is 0. The average Bonchev–Trinajstić information content (AvgIpc) is 3.12. The zero-order chi connectivity index (χ0) is 20.3. The fraction of sp³-hybridized carbons (Fsp3) is 0.0952. The van der Waals surface area contributed by atoms with Gasteiger partial charge in [-0.05, 0) is 37.6 Å². The first-order valence-electron chi connectivity index (χ1n) is 8.89. The zero-order valence-corrected chi connectivity index (χ0v) is 16.4. The maximum Gasteiger partial charge on any atom is 0.269 e. The van der Waals surface area contributed by atoms with E-state index < -0.39 is 4.92 Å². The summed E-state index contributed by atoms with van der Waals surface area (Å²) in [4.78, 5) is 33.6. The lowest BCUT2D eigenvalue weighted by atomic mass is 10.1. The molecule has 0 spiro atoms. The molecule has 8 heteroatoms. The van der Waals surface area contributed by atoms with Crippen molar-refractivity contribution in [1.82, 2.24) is 14.4 Å². The van der Waals surface area contributed by atoms with Gasteiger partial charge in [0.2, 0.25) is 0 Å². The molecule has 0 amide bonds. The number of pyridine rings is 1. The quantitative estimate of drug-likeness (QED) is 0.244. The van der Waals surface area contributed by atoms with E-state index in [1.54, 1.807) is 22.7 Å². The number of rotatable bonds is 2. The van der Waals surface area contributed by atoms with E-state index in [0.29, 0.717) is 27.1 Å². The summed E-state index contributed by atoms with van der Waals surface area (Å²) in [6.45, 7) is 4.01. The third-order valence-corrected chi connectivity index (χ3v) is 5.83. The highest BCUT2D eigenvalue weighted by molar-refractivity contribution is 7.15. The van der Waals surface area contributed by atoms with Gasteiger partial charge >= 0.3 is 0 Å². The van der Waals surface area contributed by atoms with Crippen molar-refractivity contribution in [1.29, 1.82) is 0 Å². The molecule has 0 unspecified atom stereocenters. The van der Waals surface area contributed by atoms with Crippen molar-refractivity contribution in [3.63, 3.8) is 0 Å². The van der Waals surface area contributed by atoms with Gasteiger partial charge in [0.05, 0.1) is 27.0 Å². The van der Waals surface area contributed by atoms with Crippen LogP contribution in [0, 0.1) is 24.0 Å². The molecule has 0 radical (unpaired) electrons. The van der Waals surface area contributed by atoms with Gasteiger partial charge in [-0.3, -0.25) is 24.3 Å². The monoisotopic (exact) mass is 402 g/mol. The van der Waals surface area contributed by atoms with Crippen LogP contribution in [0.15, 0.2) is 52.8 Å². The van der Waals surface area contributed by atoms with Crippen molar-refractivity contribution in [2.75, 3.05) is 0 Å². The van der Waals surface area contributed by atoms with Gasteiger partial charge in [0.15, 0.2) is 4.96 Å². The second-order valence-electron chi connectivity index (χ2n) is 6.96. The van der Waals surface area contributed by atoms with E-state index in [1.807, 2.05) is 25.3 Å². The fourth-order valence-electron chi connectivity index (χ4n) is 3.68. The molecule has 29 heavy (non-hydrogen) atoms. The van der Waals surface area contributed by atoms with Crippen molar-refractivity contribution >= 4 is 43.8 Å². The van der Waals surface area contributed by atoms with Crippen LogP contribution in [0.5, 0.6) is 0 Å². The van der Waals surface area contributed by atoms with Crippen molar-refractivity contribution < 1.29 is 4.92 Å². The molecular weight excluding hydrogens is 388 g/mol. The molecule has 0 saturated carbocycles. The summed E-state index contributed by atoms with van der Waals surface area (Å²) < 4.78 is 1.55. The van der Waals surface area contributed by atoms with E-state index in [-0.39, 0.29) is 11.2 Å². The summed E-state index contributed by atoms with van der Waals surface area (Å²) in [7, 11) is 0. The van der Waals surface area contributed by atoms with Gasteiger partial charge < -0.3 is 0 Å². The summed E-state index contributed by atoms with van der Waals surface area (Å²) in [5.41, 5.74) is 4.78. The Kier molecular flexibility index (Phi) is 3.72. The normalized spacial score (nSPS) is 11.5. The number of hydrogen-bond donors (Lipinski definition) is 0. The molecule has 3 aromatic heterocycles. The van der Waals surface area contributed by atoms with E-state index in [0.717, 1.165) is 22.0 Å². The van der Waals surface area contributed by atoms with Crippen LogP contribution >= 0.6 is 11.3 Å². The molecular formula is C21H14N4O3S. The predicted octanol–water partition coefficient (Wildman–Crippen LogP) is 4.65. The van der Waals surface area contributed by atoms with Gasteiger partial charge in [-0.2, -0.15) is 0 Å². The van der Waals surface area contributed by atoms with E-state index >= 15 is 0 Å². The molecule has 3 heterocycles. The molecule has 0 aliphatic rings. The number of hydrogen-bond acceptors (Lipinski definition) is 6. The second-order valence-corrected chi connectivity index (χ2v) is 7.79. The van der Waals surface area contributed by atoms with Gasteiger partial charge in [-0.1, -0.05) is 11.6 Å². The molecule has 2 aromatic carbocycles. The van der Waals surface area contributed by atoms with Crippen molar-refractivity contribution in [2.45, 2.75) is 13.8 Å². The number of nitro benzene ring substituents is 1. The standard InChI is InChI=1S/C21H14N4O3S/c1-11-7-12(2)18-15(8-11)19-16(9-22-18)20(26)24-17(10-29-21(24)23-19)13-3-5-14(6-4-13)25(27)28/h3-10H,1-2H3. The minimum absolute atomic E-state index is 0.00520. The van der Waals surface area contributed by atoms with Gasteiger partial charge in [-0.15, -0.1) is 11.3 Å². The molecule has 0 N–H and O–H groups in total. The van der Waals surface area contributed by atoms with Crippen LogP contribution in [0.3, 0.4) is 0 Å². The zero-order valence-electron chi connectivity index (χ0n) is 15.5. The van der Waals surface area contributed by atoms with Crippen LogP contribution < -0.4 is 5.56 Å². The molecule has 5 aromatic rings. The molecule has 0 fully saturated rings. The van der Waals surface area contributed by atoms with E-state index in [2.05, 4.69) is 11.1 Å². The Balaban J connectivity index is 1.82. The second kappa shape index (κ2) is 6.18. The number of nitro groups is 1. The minimum atomic E-state index is -0.447. The van der Waals surface area contributed by atoms with Gasteiger partial charge in [0.1, 0.15) is 0 Å². The first-order valence-corrected chi connectivity index (χ1v) is 9.77. The smallest absolute Gasteiger partial charge is 0.268 e. The summed E-state index contributed by atoms with van der Waals surface area (Å²) in [6, 6.07) is 10.2. The Morgan fingerprint density at radius 3 is 2.55 bits per heavy atom. The van der Waals surface area contributed by atoms with Crippen LogP contribution in [0.4, 0.5) is 5.69 Å². The molecule has 7 nitrogen and oxygen atoms in total. The number of aryl methyl sites for hydroxylation is 2. The number of benzene rings is 2.